The molecular weight excluding hydrogens is 262 g/mol. The number of halogens is 5. The molecule has 0 amide bonds. The normalized spacial score (nSPS) is 11.1. The van der Waals surface area contributed by atoms with Gasteiger partial charge in [0.1, 0.15) is 11.9 Å². The second-order valence-corrected chi connectivity index (χ2v) is 3.28. The van der Waals surface area contributed by atoms with Gasteiger partial charge in [-0.15, -0.1) is 11.6 Å². The fourth-order valence-electron chi connectivity index (χ4n) is 1.27. The minimum Gasteiger partial charge on any atom is -0.293 e. The van der Waals surface area contributed by atoms with Gasteiger partial charge in [-0.25, -0.2) is 4.39 Å². The zero-order valence-corrected chi connectivity index (χ0v) is 8.86. The van der Waals surface area contributed by atoms with Crippen molar-refractivity contribution >= 4 is 17.4 Å². The first-order valence-electron chi connectivity index (χ1n) is 4.22. The largest absolute Gasteiger partial charge is 0.417 e. The van der Waals surface area contributed by atoms with E-state index in [1.165, 1.54) is 6.07 Å². The first kappa shape index (κ1) is 13.5. The fourth-order valence-corrected chi connectivity index (χ4v) is 1.40. The van der Waals surface area contributed by atoms with Crippen molar-refractivity contribution in [1.29, 1.82) is 5.26 Å². The SMILES string of the molecule is N#Cc1c(C(F)(F)F)ccc(F)c1C(=O)CCl. The van der Waals surface area contributed by atoms with E-state index >= 15 is 0 Å². The van der Waals surface area contributed by atoms with Crippen molar-refractivity contribution in [3.8, 4) is 6.07 Å². The summed E-state index contributed by atoms with van der Waals surface area (Å²) in [5.74, 6) is -2.96. The maximum Gasteiger partial charge on any atom is 0.417 e. The summed E-state index contributed by atoms with van der Waals surface area (Å²) in [6.45, 7) is 0. The Morgan fingerprint density at radius 1 is 1.41 bits per heavy atom. The van der Waals surface area contributed by atoms with E-state index in [1.54, 1.807) is 0 Å². The number of benzene rings is 1. The van der Waals surface area contributed by atoms with Crippen LogP contribution in [0.25, 0.3) is 0 Å². The standard InChI is InChI=1S/C10H4ClF4NO/c11-3-8(17)9-5(4-16)6(10(13,14)15)1-2-7(9)12/h1-2H,3H2. The van der Waals surface area contributed by atoms with Gasteiger partial charge in [-0.05, 0) is 12.1 Å². The van der Waals surface area contributed by atoms with Gasteiger partial charge >= 0.3 is 6.18 Å². The van der Waals surface area contributed by atoms with Crippen LogP contribution in [0.3, 0.4) is 0 Å². The maximum atomic E-state index is 13.2. The molecule has 0 heterocycles. The van der Waals surface area contributed by atoms with Crippen molar-refractivity contribution in [2.75, 3.05) is 5.88 Å². The van der Waals surface area contributed by atoms with Crippen LogP contribution in [0.4, 0.5) is 17.6 Å². The number of alkyl halides is 4. The lowest BCUT2D eigenvalue weighted by molar-refractivity contribution is -0.137. The fraction of sp³-hybridized carbons (Fsp3) is 0.200. The summed E-state index contributed by atoms with van der Waals surface area (Å²) in [4.78, 5) is 11.2. The van der Waals surface area contributed by atoms with E-state index in [4.69, 9.17) is 16.9 Å². The van der Waals surface area contributed by atoms with Crippen molar-refractivity contribution in [3.05, 3.63) is 34.6 Å². The van der Waals surface area contributed by atoms with Crippen LogP contribution in [0.2, 0.25) is 0 Å². The van der Waals surface area contributed by atoms with Crippen LogP contribution in [-0.4, -0.2) is 11.7 Å². The van der Waals surface area contributed by atoms with Crippen LogP contribution >= 0.6 is 11.6 Å². The van der Waals surface area contributed by atoms with Gasteiger partial charge in [-0.1, -0.05) is 0 Å². The minimum absolute atomic E-state index is 0.416. The second kappa shape index (κ2) is 4.72. The summed E-state index contributed by atoms with van der Waals surface area (Å²) in [7, 11) is 0. The lowest BCUT2D eigenvalue weighted by atomic mass is 9.98. The van der Waals surface area contributed by atoms with Crippen LogP contribution in [0.5, 0.6) is 0 Å². The molecule has 0 aliphatic heterocycles. The highest BCUT2D eigenvalue weighted by molar-refractivity contribution is 6.30. The monoisotopic (exact) mass is 265 g/mol. The van der Waals surface area contributed by atoms with Crippen molar-refractivity contribution in [1.82, 2.24) is 0 Å². The summed E-state index contributed by atoms with van der Waals surface area (Å²) in [5.41, 5.74) is -3.31. The molecule has 0 aliphatic carbocycles. The average Bonchev–Trinajstić information content (AvgIpc) is 2.25. The number of nitrogens with zero attached hydrogens (tertiary/aromatic N) is 1. The highest BCUT2D eigenvalue weighted by Crippen LogP contribution is 2.34. The number of hydrogen-bond acceptors (Lipinski definition) is 2. The molecule has 1 aromatic carbocycles. The van der Waals surface area contributed by atoms with Gasteiger partial charge < -0.3 is 0 Å². The Balaban J connectivity index is 3.61. The number of carbonyl (C=O) groups is 1. The Labute approximate surface area is 98.4 Å². The zero-order valence-electron chi connectivity index (χ0n) is 8.11. The topological polar surface area (TPSA) is 40.9 Å². The van der Waals surface area contributed by atoms with Gasteiger partial charge in [-0.2, -0.15) is 18.4 Å². The third-order valence-corrected chi connectivity index (χ3v) is 2.21. The van der Waals surface area contributed by atoms with Crippen molar-refractivity contribution in [2.24, 2.45) is 0 Å². The van der Waals surface area contributed by atoms with Crippen LogP contribution in [0, 0.1) is 17.1 Å². The van der Waals surface area contributed by atoms with Crippen LogP contribution in [0.15, 0.2) is 12.1 Å². The number of carbonyl (C=O) groups excluding carboxylic acids is 1. The van der Waals surface area contributed by atoms with Gasteiger partial charge in [0.15, 0.2) is 5.78 Å². The summed E-state index contributed by atoms with van der Waals surface area (Å²) in [6, 6.07) is 2.09. The van der Waals surface area contributed by atoms with Gasteiger partial charge in [0.2, 0.25) is 0 Å². The maximum absolute atomic E-state index is 13.2. The van der Waals surface area contributed by atoms with Gasteiger partial charge in [0, 0.05) is 0 Å². The second-order valence-electron chi connectivity index (χ2n) is 3.01. The van der Waals surface area contributed by atoms with Crippen LogP contribution in [0.1, 0.15) is 21.5 Å². The molecule has 0 atom stereocenters. The van der Waals surface area contributed by atoms with E-state index in [1.807, 2.05) is 0 Å². The molecule has 0 fully saturated rings. The van der Waals surface area contributed by atoms with Gasteiger partial charge in [0.25, 0.3) is 0 Å². The van der Waals surface area contributed by atoms with Gasteiger partial charge in [0.05, 0.1) is 22.6 Å². The molecular formula is C10H4ClF4NO. The third-order valence-electron chi connectivity index (χ3n) is 1.97. The Morgan fingerprint density at radius 2 is 2.00 bits per heavy atom. The molecule has 0 aliphatic rings. The molecule has 0 N–H and O–H groups in total. The molecule has 0 aromatic heterocycles. The zero-order chi connectivity index (χ0) is 13.2. The molecule has 0 saturated heterocycles. The third kappa shape index (κ3) is 2.56. The molecule has 0 bridgehead atoms. The molecule has 1 rings (SSSR count). The van der Waals surface area contributed by atoms with Crippen molar-refractivity contribution < 1.29 is 22.4 Å². The van der Waals surface area contributed by atoms with Crippen LogP contribution < -0.4 is 0 Å². The van der Waals surface area contributed by atoms with E-state index < -0.39 is 40.3 Å². The molecule has 0 radical (unpaired) electrons. The molecule has 0 unspecified atom stereocenters. The number of Topliss-reactive ketones (excluding diaryl/α,β-unsaturated/α-hetero) is 1. The number of ketones is 1. The molecule has 90 valence electrons. The predicted octanol–water partition coefficient (Wildman–Crippen LogP) is 3.14. The van der Waals surface area contributed by atoms with E-state index in [9.17, 15) is 22.4 Å². The van der Waals surface area contributed by atoms with Crippen molar-refractivity contribution in [3.63, 3.8) is 0 Å². The Morgan fingerprint density at radius 3 is 2.41 bits per heavy atom. The van der Waals surface area contributed by atoms with E-state index in [2.05, 4.69) is 0 Å². The van der Waals surface area contributed by atoms with Crippen molar-refractivity contribution in [2.45, 2.75) is 6.18 Å². The first-order chi connectivity index (χ1) is 7.82. The van der Waals surface area contributed by atoms with E-state index in [0.29, 0.717) is 12.1 Å². The van der Waals surface area contributed by atoms with Crippen LogP contribution in [-0.2, 0) is 6.18 Å². The Bertz CT molecular complexity index is 504. The lowest BCUT2D eigenvalue weighted by Gasteiger charge is -2.11. The molecule has 0 saturated carbocycles. The molecule has 0 spiro atoms. The number of hydrogen-bond donors (Lipinski definition) is 0. The lowest BCUT2D eigenvalue weighted by Crippen LogP contribution is -2.14. The highest BCUT2D eigenvalue weighted by Gasteiger charge is 2.36. The summed E-state index contributed by atoms with van der Waals surface area (Å²) < 4.78 is 50.7. The average molecular weight is 266 g/mol. The van der Waals surface area contributed by atoms with E-state index in [-0.39, 0.29) is 0 Å². The molecule has 17 heavy (non-hydrogen) atoms. The summed E-state index contributed by atoms with van der Waals surface area (Å²) in [5, 5.41) is 8.62. The quantitative estimate of drug-likeness (QED) is 0.468. The highest BCUT2D eigenvalue weighted by atomic mass is 35.5. The predicted molar refractivity (Wildman–Crippen MR) is 51.2 cm³/mol. The minimum atomic E-state index is -4.83. The first-order valence-corrected chi connectivity index (χ1v) is 4.75. The summed E-state index contributed by atoms with van der Waals surface area (Å²) >= 11 is 5.15. The van der Waals surface area contributed by atoms with Gasteiger partial charge in [-0.3, -0.25) is 4.79 Å². The molecule has 2 nitrogen and oxygen atoms in total. The molecule has 1 aromatic rings. The van der Waals surface area contributed by atoms with E-state index in [0.717, 1.165) is 0 Å². The number of nitriles is 1. The summed E-state index contributed by atoms with van der Waals surface area (Å²) in [6.07, 6.45) is -4.83. The Kier molecular flexibility index (Phi) is 3.73. The molecule has 7 heteroatoms. The smallest absolute Gasteiger partial charge is 0.293 e. The number of rotatable bonds is 2. The Hall–Kier alpha value is -1.61.